The van der Waals surface area contributed by atoms with Gasteiger partial charge in [-0.1, -0.05) is 19.4 Å². The lowest BCUT2D eigenvalue weighted by atomic mass is 10.1. The highest BCUT2D eigenvalue weighted by Crippen LogP contribution is 2.24. The summed E-state index contributed by atoms with van der Waals surface area (Å²) < 4.78 is 0. The van der Waals surface area contributed by atoms with E-state index in [2.05, 4.69) is 23.7 Å². The van der Waals surface area contributed by atoms with E-state index in [0.29, 0.717) is 6.04 Å². The lowest BCUT2D eigenvalue weighted by Crippen LogP contribution is -2.30. The Morgan fingerprint density at radius 2 is 2.12 bits per heavy atom. The molecule has 0 aliphatic rings. The fourth-order valence-corrected chi connectivity index (χ4v) is 1.85. The number of rotatable bonds is 5. The molecule has 0 amide bonds. The number of anilines is 1. The molecule has 0 bridgehead atoms. The molecule has 16 heavy (non-hydrogen) atoms. The summed E-state index contributed by atoms with van der Waals surface area (Å²) in [7, 11) is 2.04. The maximum absolute atomic E-state index is 9.70. The minimum atomic E-state index is -0.472. The first-order valence-electron chi connectivity index (χ1n) is 5.93. The smallest absolute Gasteiger partial charge is 0.134 e. The molecule has 1 aromatic heterocycles. The second kappa shape index (κ2) is 5.85. The standard InChI is InChI=1S/C13H22N2O/c1-5-7-10(2)15(4)13-12(11(3)16)8-6-9-14-13/h6,8-11,16H,5,7H2,1-4H3/t10?,11-/m1/s1. The molecule has 0 aliphatic heterocycles. The Balaban J connectivity index is 2.93. The van der Waals surface area contributed by atoms with Crippen molar-refractivity contribution in [3.05, 3.63) is 23.9 Å². The molecule has 1 heterocycles. The molecular weight excluding hydrogens is 200 g/mol. The van der Waals surface area contributed by atoms with E-state index in [1.165, 1.54) is 0 Å². The minimum Gasteiger partial charge on any atom is -0.389 e. The number of aliphatic hydroxyl groups is 1. The average Bonchev–Trinajstić information content (AvgIpc) is 2.28. The summed E-state index contributed by atoms with van der Waals surface area (Å²) in [6.07, 6.45) is 3.59. The van der Waals surface area contributed by atoms with Crippen molar-refractivity contribution in [1.82, 2.24) is 4.98 Å². The molecule has 1 N–H and O–H groups in total. The molecule has 0 aromatic carbocycles. The first-order valence-corrected chi connectivity index (χ1v) is 5.93. The van der Waals surface area contributed by atoms with Crippen LogP contribution in [0.2, 0.25) is 0 Å². The Labute approximate surface area is 98.1 Å². The Hall–Kier alpha value is -1.09. The van der Waals surface area contributed by atoms with Crippen LogP contribution in [0, 0.1) is 0 Å². The van der Waals surface area contributed by atoms with Crippen molar-refractivity contribution in [2.75, 3.05) is 11.9 Å². The quantitative estimate of drug-likeness (QED) is 0.832. The highest BCUT2D eigenvalue weighted by Gasteiger charge is 2.16. The summed E-state index contributed by atoms with van der Waals surface area (Å²) in [5.41, 5.74) is 0.896. The third kappa shape index (κ3) is 2.95. The van der Waals surface area contributed by atoms with Crippen molar-refractivity contribution >= 4 is 5.82 Å². The largest absolute Gasteiger partial charge is 0.389 e. The third-order valence-electron chi connectivity index (χ3n) is 2.97. The summed E-state index contributed by atoms with van der Waals surface area (Å²) in [5, 5.41) is 9.70. The Morgan fingerprint density at radius 1 is 1.44 bits per heavy atom. The van der Waals surface area contributed by atoms with Crippen LogP contribution < -0.4 is 4.90 Å². The molecule has 1 rings (SSSR count). The SMILES string of the molecule is CCCC(C)N(C)c1ncccc1[C@@H](C)O. The maximum Gasteiger partial charge on any atom is 0.134 e. The first-order chi connectivity index (χ1) is 7.57. The topological polar surface area (TPSA) is 36.4 Å². The predicted octanol–water partition coefficient (Wildman–Crippen LogP) is 2.76. The van der Waals surface area contributed by atoms with Gasteiger partial charge in [-0.05, 0) is 26.3 Å². The van der Waals surface area contributed by atoms with Gasteiger partial charge < -0.3 is 10.0 Å². The van der Waals surface area contributed by atoms with Gasteiger partial charge in [0.15, 0.2) is 0 Å². The van der Waals surface area contributed by atoms with Gasteiger partial charge in [0.25, 0.3) is 0 Å². The highest BCUT2D eigenvalue weighted by molar-refractivity contribution is 5.47. The monoisotopic (exact) mass is 222 g/mol. The van der Waals surface area contributed by atoms with Crippen LogP contribution in [0.3, 0.4) is 0 Å². The molecular formula is C13H22N2O. The van der Waals surface area contributed by atoms with E-state index in [4.69, 9.17) is 0 Å². The van der Waals surface area contributed by atoms with Crippen LogP contribution in [0.5, 0.6) is 0 Å². The second-order valence-electron chi connectivity index (χ2n) is 4.34. The van der Waals surface area contributed by atoms with Gasteiger partial charge in [0.1, 0.15) is 5.82 Å². The molecule has 2 atom stereocenters. The summed E-state index contributed by atoms with van der Waals surface area (Å²) in [5.74, 6) is 0.887. The molecule has 0 fully saturated rings. The molecule has 1 unspecified atom stereocenters. The van der Waals surface area contributed by atoms with Crippen molar-refractivity contribution < 1.29 is 5.11 Å². The zero-order chi connectivity index (χ0) is 12.1. The summed E-state index contributed by atoms with van der Waals surface area (Å²) in [6.45, 7) is 6.14. The van der Waals surface area contributed by atoms with Gasteiger partial charge in [0.05, 0.1) is 6.10 Å². The van der Waals surface area contributed by atoms with Gasteiger partial charge in [-0.2, -0.15) is 0 Å². The molecule has 0 aliphatic carbocycles. The number of pyridine rings is 1. The van der Waals surface area contributed by atoms with E-state index in [1.54, 1.807) is 13.1 Å². The predicted molar refractivity (Wildman–Crippen MR) is 67.6 cm³/mol. The Bertz CT molecular complexity index is 325. The van der Waals surface area contributed by atoms with Crippen molar-refractivity contribution in [3.63, 3.8) is 0 Å². The molecule has 3 nitrogen and oxygen atoms in total. The summed E-state index contributed by atoms with van der Waals surface area (Å²) >= 11 is 0. The maximum atomic E-state index is 9.70. The lowest BCUT2D eigenvalue weighted by molar-refractivity contribution is 0.199. The highest BCUT2D eigenvalue weighted by atomic mass is 16.3. The van der Waals surface area contributed by atoms with E-state index in [0.717, 1.165) is 24.2 Å². The van der Waals surface area contributed by atoms with E-state index in [9.17, 15) is 5.11 Å². The zero-order valence-corrected chi connectivity index (χ0v) is 10.6. The molecule has 90 valence electrons. The van der Waals surface area contributed by atoms with Gasteiger partial charge in [0, 0.05) is 24.8 Å². The van der Waals surface area contributed by atoms with Crippen LogP contribution in [0.15, 0.2) is 18.3 Å². The van der Waals surface area contributed by atoms with Gasteiger partial charge in [-0.3, -0.25) is 0 Å². The minimum absolute atomic E-state index is 0.442. The van der Waals surface area contributed by atoms with Crippen LogP contribution in [-0.2, 0) is 0 Å². The van der Waals surface area contributed by atoms with Crippen molar-refractivity contribution in [1.29, 1.82) is 0 Å². The molecule has 3 heteroatoms. The van der Waals surface area contributed by atoms with Gasteiger partial charge in [-0.25, -0.2) is 4.98 Å². The summed E-state index contributed by atoms with van der Waals surface area (Å²) in [6, 6.07) is 4.24. The van der Waals surface area contributed by atoms with Crippen LogP contribution in [0.25, 0.3) is 0 Å². The van der Waals surface area contributed by atoms with E-state index in [-0.39, 0.29) is 0 Å². The number of hydrogen-bond donors (Lipinski definition) is 1. The second-order valence-corrected chi connectivity index (χ2v) is 4.34. The van der Waals surface area contributed by atoms with E-state index >= 15 is 0 Å². The summed E-state index contributed by atoms with van der Waals surface area (Å²) in [4.78, 5) is 6.51. The Kier molecular flexibility index (Phi) is 4.74. The lowest BCUT2D eigenvalue weighted by Gasteiger charge is -2.28. The van der Waals surface area contributed by atoms with Crippen molar-refractivity contribution in [2.45, 2.75) is 45.8 Å². The third-order valence-corrected chi connectivity index (χ3v) is 2.97. The van der Waals surface area contributed by atoms with Crippen LogP contribution in [0.1, 0.15) is 45.3 Å². The van der Waals surface area contributed by atoms with Crippen LogP contribution >= 0.6 is 0 Å². The number of aromatic nitrogens is 1. The first kappa shape index (κ1) is 13.0. The zero-order valence-electron chi connectivity index (χ0n) is 10.6. The van der Waals surface area contributed by atoms with Crippen molar-refractivity contribution in [3.8, 4) is 0 Å². The van der Waals surface area contributed by atoms with Crippen molar-refractivity contribution in [2.24, 2.45) is 0 Å². The molecule has 0 radical (unpaired) electrons. The van der Waals surface area contributed by atoms with E-state index in [1.807, 2.05) is 19.2 Å². The Morgan fingerprint density at radius 3 is 2.69 bits per heavy atom. The van der Waals surface area contributed by atoms with Crippen LogP contribution in [0.4, 0.5) is 5.82 Å². The van der Waals surface area contributed by atoms with Crippen LogP contribution in [-0.4, -0.2) is 23.2 Å². The normalized spacial score (nSPS) is 14.6. The number of nitrogens with zero attached hydrogens (tertiary/aromatic N) is 2. The van der Waals surface area contributed by atoms with Gasteiger partial charge in [0.2, 0.25) is 0 Å². The van der Waals surface area contributed by atoms with Gasteiger partial charge >= 0.3 is 0 Å². The number of hydrogen-bond acceptors (Lipinski definition) is 3. The molecule has 1 aromatic rings. The van der Waals surface area contributed by atoms with E-state index < -0.39 is 6.10 Å². The fourth-order valence-electron chi connectivity index (χ4n) is 1.85. The van der Waals surface area contributed by atoms with Gasteiger partial charge in [-0.15, -0.1) is 0 Å². The average molecular weight is 222 g/mol. The number of aliphatic hydroxyl groups excluding tert-OH is 1. The molecule has 0 saturated heterocycles. The molecule has 0 saturated carbocycles. The molecule has 0 spiro atoms. The fraction of sp³-hybridized carbons (Fsp3) is 0.615.